The van der Waals surface area contributed by atoms with E-state index < -0.39 is 0 Å². The molecule has 2 aromatic carbocycles. The molecule has 6 heteroatoms. The molecule has 1 amide bonds. The molecular weight excluding hydrogens is 350 g/mol. The Morgan fingerprint density at radius 3 is 2.79 bits per heavy atom. The second kappa shape index (κ2) is 8.00. The topological polar surface area (TPSA) is 72.7 Å². The number of amides is 1. The summed E-state index contributed by atoms with van der Waals surface area (Å²) in [5.41, 5.74) is 5.07. The molecule has 140 valence electrons. The van der Waals surface area contributed by atoms with Crippen molar-refractivity contribution in [2.45, 2.75) is 19.8 Å². The van der Waals surface area contributed by atoms with Crippen molar-refractivity contribution in [3.8, 4) is 5.69 Å². The van der Waals surface area contributed by atoms with E-state index in [0.29, 0.717) is 17.8 Å². The maximum absolute atomic E-state index is 12.6. The van der Waals surface area contributed by atoms with Gasteiger partial charge < -0.3 is 5.32 Å². The van der Waals surface area contributed by atoms with E-state index in [1.807, 2.05) is 55.5 Å². The van der Waals surface area contributed by atoms with Crippen molar-refractivity contribution in [1.82, 2.24) is 25.3 Å². The van der Waals surface area contributed by atoms with Crippen molar-refractivity contribution < 1.29 is 4.79 Å². The fraction of sp³-hybridized carbons (Fsp3) is 0.182. The van der Waals surface area contributed by atoms with Gasteiger partial charge in [-0.3, -0.25) is 4.79 Å². The number of nitrogens with zero attached hydrogens (tertiary/aromatic N) is 4. The molecule has 4 rings (SSSR count). The number of fused-ring (bicyclic) bond motifs is 1. The number of hydrogen-bond acceptors (Lipinski definition) is 4. The second-order valence-corrected chi connectivity index (χ2v) is 6.69. The Morgan fingerprint density at radius 2 is 1.93 bits per heavy atom. The van der Waals surface area contributed by atoms with Gasteiger partial charge in [0.1, 0.15) is 5.52 Å². The van der Waals surface area contributed by atoms with Gasteiger partial charge in [0.15, 0.2) is 5.65 Å². The SMILES string of the molecule is Cc1ccc(C(=O)NCCCc2ccccc2)cc1-n1nnc2cccnc21. The van der Waals surface area contributed by atoms with Crippen molar-refractivity contribution in [1.29, 1.82) is 0 Å². The molecule has 28 heavy (non-hydrogen) atoms. The summed E-state index contributed by atoms with van der Waals surface area (Å²) in [5.74, 6) is -0.0910. The van der Waals surface area contributed by atoms with Crippen molar-refractivity contribution in [2.24, 2.45) is 0 Å². The van der Waals surface area contributed by atoms with Crippen LogP contribution in [-0.2, 0) is 6.42 Å². The molecule has 0 spiro atoms. The van der Waals surface area contributed by atoms with Crippen LogP contribution in [0.3, 0.4) is 0 Å². The van der Waals surface area contributed by atoms with Gasteiger partial charge in [0, 0.05) is 18.3 Å². The molecule has 0 aliphatic heterocycles. The van der Waals surface area contributed by atoms with Crippen LogP contribution >= 0.6 is 0 Å². The van der Waals surface area contributed by atoms with Gasteiger partial charge in [0.05, 0.1) is 5.69 Å². The summed E-state index contributed by atoms with van der Waals surface area (Å²) in [6.07, 6.45) is 3.55. The molecule has 1 N–H and O–H groups in total. The fourth-order valence-corrected chi connectivity index (χ4v) is 3.15. The van der Waals surface area contributed by atoms with Crippen LogP contribution in [0, 0.1) is 6.92 Å². The quantitative estimate of drug-likeness (QED) is 0.527. The molecular formula is C22H21N5O. The smallest absolute Gasteiger partial charge is 0.251 e. The number of aryl methyl sites for hydroxylation is 2. The highest BCUT2D eigenvalue weighted by atomic mass is 16.1. The molecule has 0 saturated heterocycles. The molecule has 2 heterocycles. The zero-order chi connectivity index (χ0) is 19.3. The predicted molar refractivity (Wildman–Crippen MR) is 108 cm³/mol. The summed E-state index contributed by atoms with van der Waals surface area (Å²) in [6.45, 7) is 2.61. The summed E-state index contributed by atoms with van der Waals surface area (Å²) in [6, 6.07) is 19.6. The average Bonchev–Trinajstić information content (AvgIpc) is 3.16. The molecule has 0 aliphatic carbocycles. The highest BCUT2D eigenvalue weighted by molar-refractivity contribution is 5.95. The lowest BCUT2D eigenvalue weighted by molar-refractivity contribution is 0.0953. The first kappa shape index (κ1) is 17.9. The number of carbonyl (C=O) groups excluding carboxylic acids is 1. The molecule has 0 saturated carbocycles. The van der Waals surface area contributed by atoms with Crippen molar-refractivity contribution >= 4 is 17.1 Å². The maximum atomic E-state index is 12.6. The normalized spacial score (nSPS) is 10.9. The first-order valence-corrected chi connectivity index (χ1v) is 9.32. The molecule has 0 aliphatic rings. The minimum Gasteiger partial charge on any atom is -0.352 e. The summed E-state index contributed by atoms with van der Waals surface area (Å²) < 4.78 is 1.68. The van der Waals surface area contributed by atoms with Gasteiger partial charge in [-0.25, -0.2) is 4.98 Å². The average molecular weight is 371 g/mol. The van der Waals surface area contributed by atoms with Gasteiger partial charge in [-0.05, 0) is 55.2 Å². The lowest BCUT2D eigenvalue weighted by atomic mass is 10.1. The predicted octanol–water partition coefficient (Wildman–Crippen LogP) is 3.49. The summed E-state index contributed by atoms with van der Waals surface area (Å²) >= 11 is 0. The van der Waals surface area contributed by atoms with Gasteiger partial charge in [0.25, 0.3) is 5.91 Å². The zero-order valence-electron chi connectivity index (χ0n) is 15.7. The van der Waals surface area contributed by atoms with Gasteiger partial charge in [-0.1, -0.05) is 41.6 Å². The van der Waals surface area contributed by atoms with Crippen LogP contribution in [0.15, 0.2) is 66.9 Å². The number of carbonyl (C=O) groups is 1. The first-order valence-electron chi connectivity index (χ1n) is 9.32. The molecule has 6 nitrogen and oxygen atoms in total. The lowest BCUT2D eigenvalue weighted by Crippen LogP contribution is -2.25. The fourth-order valence-electron chi connectivity index (χ4n) is 3.15. The number of aromatic nitrogens is 4. The van der Waals surface area contributed by atoms with Crippen LogP contribution in [0.1, 0.15) is 27.9 Å². The Labute approximate surface area is 163 Å². The summed E-state index contributed by atoms with van der Waals surface area (Å²) in [5, 5.41) is 11.4. The van der Waals surface area contributed by atoms with Gasteiger partial charge in [-0.2, -0.15) is 4.68 Å². The van der Waals surface area contributed by atoms with E-state index in [1.165, 1.54) is 5.56 Å². The molecule has 0 unspecified atom stereocenters. The molecule has 0 atom stereocenters. The van der Waals surface area contributed by atoms with Crippen molar-refractivity contribution in [3.63, 3.8) is 0 Å². The molecule has 4 aromatic rings. The van der Waals surface area contributed by atoms with E-state index in [9.17, 15) is 4.79 Å². The standard InChI is InChI=1S/C22H21N5O/c1-16-11-12-18(22(28)24-14-5-9-17-7-3-2-4-8-17)15-20(16)27-21-19(25-26-27)10-6-13-23-21/h2-4,6-8,10-13,15H,5,9,14H2,1H3,(H,24,28). The highest BCUT2D eigenvalue weighted by Crippen LogP contribution is 2.19. The summed E-state index contributed by atoms with van der Waals surface area (Å²) in [4.78, 5) is 16.9. The maximum Gasteiger partial charge on any atom is 0.251 e. The van der Waals surface area contributed by atoms with E-state index >= 15 is 0 Å². The van der Waals surface area contributed by atoms with Crippen LogP contribution in [0.4, 0.5) is 0 Å². The van der Waals surface area contributed by atoms with Crippen molar-refractivity contribution in [2.75, 3.05) is 6.54 Å². The molecule has 2 aromatic heterocycles. The number of nitrogens with one attached hydrogen (secondary N) is 1. The Bertz CT molecular complexity index is 1100. The Kier molecular flexibility index (Phi) is 5.10. The third kappa shape index (κ3) is 3.76. The zero-order valence-corrected chi connectivity index (χ0v) is 15.7. The highest BCUT2D eigenvalue weighted by Gasteiger charge is 2.13. The van der Waals surface area contributed by atoms with E-state index in [0.717, 1.165) is 29.6 Å². The lowest BCUT2D eigenvalue weighted by Gasteiger charge is -2.10. The van der Waals surface area contributed by atoms with E-state index in [-0.39, 0.29) is 5.91 Å². The van der Waals surface area contributed by atoms with Crippen LogP contribution in [-0.4, -0.2) is 32.4 Å². The van der Waals surface area contributed by atoms with Crippen LogP contribution in [0.5, 0.6) is 0 Å². The number of benzene rings is 2. The number of pyridine rings is 1. The largest absolute Gasteiger partial charge is 0.352 e. The van der Waals surface area contributed by atoms with Crippen LogP contribution in [0.25, 0.3) is 16.9 Å². The monoisotopic (exact) mass is 371 g/mol. The molecule has 0 fully saturated rings. The van der Waals surface area contributed by atoms with Crippen LogP contribution in [0.2, 0.25) is 0 Å². The van der Waals surface area contributed by atoms with Gasteiger partial charge in [-0.15, -0.1) is 5.10 Å². The first-order chi connectivity index (χ1) is 13.7. The van der Waals surface area contributed by atoms with E-state index in [2.05, 4.69) is 32.7 Å². The number of rotatable bonds is 6. The van der Waals surface area contributed by atoms with E-state index in [1.54, 1.807) is 10.9 Å². The van der Waals surface area contributed by atoms with Crippen molar-refractivity contribution in [3.05, 3.63) is 83.6 Å². The Balaban J connectivity index is 1.46. The third-order valence-electron chi connectivity index (χ3n) is 4.68. The molecule has 0 radical (unpaired) electrons. The van der Waals surface area contributed by atoms with Gasteiger partial charge in [0.2, 0.25) is 0 Å². The minimum absolute atomic E-state index is 0.0910. The third-order valence-corrected chi connectivity index (χ3v) is 4.68. The Hall–Kier alpha value is -3.54. The number of hydrogen-bond donors (Lipinski definition) is 1. The second-order valence-electron chi connectivity index (χ2n) is 6.69. The summed E-state index contributed by atoms with van der Waals surface area (Å²) in [7, 11) is 0. The molecule has 0 bridgehead atoms. The van der Waals surface area contributed by atoms with Gasteiger partial charge >= 0.3 is 0 Å². The van der Waals surface area contributed by atoms with Crippen LogP contribution < -0.4 is 5.32 Å². The Morgan fingerprint density at radius 1 is 1.07 bits per heavy atom. The van der Waals surface area contributed by atoms with E-state index in [4.69, 9.17) is 0 Å². The minimum atomic E-state index is -0.0910.